The van der Waals surface area contributed by atoms with Crippen molar-refractivity contribution in [1.82, 2.24) is 0 Å². The molecule has 0 radical (unpaired) electrons. The van der Waals surface area contributed by atoms with Crippen LogP contribution in [0.25, 0.3) is 0 Å². The molecule has 0 saturated heterocycles. The minimum Gasteiger partial charge on any atom is -0.103 e. The normalized spacial score (nSPS) is 15.3. The molecule has 0 saturated carbocycles. The minimum atomic E-state index is 1.03. The highest BCUT2D eigenvalue weighted by Gasteiger charge is 1.88. The lowest BCUT2D eigenvalue weighted by Gasteiger charge is -1.96. The maximum Gasteiger partial charge on any atom is -0.0285 e. The Bertz CT molecular complexity index is 1070. The van der Waals surface area contributed by atoms with Gasteiger partial charge in [-0.25, -0.2) is 0 Å². The fraction of sp³-hybridized carbons (Fsp3) is 0.316. The zero-order valence-corrected chi connectivity index (χ0v) is 25.4. The van der Waals surface area contributed by atoms with Crippen LogP contribution in [0.1, 0.15) is 81.1 Å². The Hall–Kier alpha value is -3.38. The topological polar surface area (TPSA) is 0 Å². The molecule has 204 valence electrons. The van der Waals surface area contributed by atoms with Crippen LogP contribution in [-0.4, -0.2) is 0 Å². The summed E-state index contributed by atoms with van der Waals surface area (Å²) in [6, 6.07) is 0. The monoisotopic (exact) mass is 508 g/mol. The van der Waals surface area contributed by atoms with Crippen LogP contribution in [-0.2, 0) is 0 Å². The van der Waals surface area contributed by atoms with Crippen molar-refractivity contribution in [3.05, 3.63) is 155 Å². The molecular formula is C38H52. The summed E-state index contributed by atoms with van der Waals surface area (Å²) in [4.78, 5) is 0. The van der Waals surface area contributed by atoms with Crippen LogP contribution < -0.4 is 0 Å². The molecule has 0 nitrogen and oxygen atoms in total. The Morgan fingerprint density at radius 1 is 0.447 bits per heavy atom. The molecule has 0 aromatic rings. The predicted molar refractivity (Wildman–Crippen MR) is 176 cm³/mol. The van der Waals surface area contributed by atoms with Gasteiger partial charge in [0.05, 0.1) is 0 Å². The molecule has 0 aliphatic carbocycles. The lowest BCUT2D eigenvalue weighted by molar-refractivity contribution is 0.967. The summed E-state index contributed by atoms with van der Waals surface area (Å²) in [7, 11) is 0. The zero-order chi connectivity index (χ0) is 28.6. The van der Waals surface area contributed by atoms with Crippen molar-refractivity contribution in [2.45, 2.75) is 81.1 Å². The van der Waals surface area contributed by atoms with Gasteiger partial charge in [-0.1, -0.05) is 148 Å². The van der Waals surface area contributed by atoms with Crippen LogP contribution in [0.15, 0.2) is 155 Å². The predicted octanol–water partition coefficient (Wildman–Crippen LogP) is 12.2. The Kier molecular flexibility index (Phi) is 20.8. The molecule has 0 aliphatic rings. The maximum absolute atomic E-state index is 3.77. The summed E-state index contributed by atoms with van der Waals surface area (Å²) in [5, 5.41) is 0. The van der Waals surface area contributed by atoms with Crippen LogP contribution in [0.2, 0.25) is 0 Å². The molecule has 0 fully saturated rings. The Balaban J connectivity index is 4.70. The van der Waals surface area contributed by atoms with Gasteiger partial charge in [-0.3, -0.25) is 0 Å². The van der Waals surface area contributed by atoms with Crippen LogP contribution in [0.5, 0.6) is 0 Å². The molecule has 0 aromatic carbocycles. The van der Waals surface area contributed by atoms with Crippen LogP contribution >= 0.6 is 0 Å². The highest BCUT2D eigenvalue weighted by atomic mass is 13.9. The SMILES string of the molecule is C=CCC/C(C)=C/C=C/C(C)=C/C=C/C(C)=C/C=C\C=C(C)\C=C\C=C(C)\C=C\C=C(/C)CCC=C(C)C. The Morgan fingerprint density at radius 2 is 0.789 bits per heavy atom. The van der Waals surface area contributed by atoms with Gasteiger partial charge in [-0.15, -0.1) is 6.58 Å². The van der Waals surface area contributed by atoms with Crippen molar-refractivity contribution < 1.29 is 0 Å². The van der Waals surface area contributed by atoms with E-state index in [1.54, 1.807) is 0 Å². The summed E-state index contributed by atoms with van der Waals surface area (Å²) in [5.41, 5.74) is 9.05. The van der Waals surface area contributed by atoms with E-state index in [1.165, 1.54) is 39.0 Å². The third-order valence-corrected chi connectivity index (χ3v) is 5.58. The van der Waals surface area contributed by atoms with Crippen LogP contribution in [0.3, 0.4) is 0 Å². The number of rotatable bonds is 16. The van der Waals surface area contributed by atoms with Crippen molar-refractivity contribution in [2.24, 2.45) is 0 Å². The van der Waals surface area contributed by atoms with Gasteiger partial charge in [0.2, 0.25) is 0 Å². The fourth-order valence-electron chi connectivity index (χ4n) is 3.15. The molecule has 0 spiro atoms. The summed E-state index contributed by atoms with van der Waals surface area (Å²) in [5.74, 6) is 0. The molecule has 0 atom stereocenters. The molecule has 0 N–H and O–H groups in total. The van der Waals surface area contributed by atoms with E-state index in [4.69, 9.17) is 0 Å². The van der Waals surface area contributed by atoms with Crippen molar-refractivity contribution in [3.63, 3.8) is 0 Å². The number of hydrogen-bond acceptors (Lipinski definition) is 0. The molecule has 0 amide bonds. The van der Waals surface area contributed by atoms with E-state index < -0.39 is 0 Å². The van der Waals surface area contributed by atoms with Gasteiger partial charge in [0.1, 0.15) is 0 Å². The largest absolute Gasteiger partial charge is 0.103 e. The lowest BCUT2D eigenvalue weighted by atomic mass is 10.1. The van der Waals surface area contributed by atoms with Crippen LogP contribution in [0.4, 0.5) is 0 Å². The first-order valence-corrected chi connectivity index (χ1v) is 13.8. The van der Waals surface area contributed by atoms with Gasteiger partial charge in [0, 0.05) is 0 Å². The van der Waals surface area contributed by atoms with Gasteiger partial charge >= 0.3 is 0 Å². The molecule has 0 rings (SSSR count). The van der Waals surface area contributed by atoms with Crippen molar-refractivity contribution >= 4 is 0 Å². The molecule has 0 unspecified atom stereocenters. The van der Waals surface area contributed by atoms with E-state index >= 15 is 0 Å². The van der Waals surface area contributed by atoms with E-state index in [0.717, 1.165) is 25.7 Å². The fourth-order valence-corrected chi connectivity index (χ4v) is 3.15. The minimum absolute atomic E-state index is 1.03. The maximum atomic E-state index is 3.77. The molecule has 0 bridgehead atoms. The molecule has 0 aliphatic heterocycles. The second-order valence-electron chi connectivity index (χ2n) is 10.1. The Morgan fingerprint density at radius 3 is 1.16 bits per heavy atom. The first-order valence-electron chi connectivity index (χ1n) is 13.8. The Labute approximate surface area is 235 Å². The standard InChI is InChI=1S/C38H52/c1-10-11-20-33(4)24-15-28-37(8)29-16-25-34(5)21-12-13-22-35(6)26-17-30-38(9)31-18-27-36(7)23-14-19-32(2)3/h10,12-13,15-19,21-22,24-31H,1,11,14,20,23H2,2-9H3/b13-12-,25-16+,26-17+,28-15+,31-18+,33-24+,34-21+,35-22+,36-27+,37-29+,38-30+. The highest BCUT2D eigenvalue weighted by Crippen LogP contribution is 2.08. The number of hydrogen-bond donors (Lipinski definition) is 0. The zero-order valence-electron chi connectivity index (χ0n) is 25.4. The third-order valence-electron chi connectivity index (χ3n) is 5.58. The van der Waals surface area contributed by atoms with Crippen LogP contribution in [0, 0.1) is 0 Å². The summed E-state index contributed by atoms with van der Waals surface area (Å²) in [6.45, 7) is 20.9. The summed E-state index contributed by atoms with van der Waals surface area (Å²) >= 11 is 0. The van der Waals surface area contributed by atoms with E-state index in [0.29, 0.717) is 0 Å². The first kappa shape index (κ1) is 34.6. The first-order chi connectivity index (χ1) is 18.1. The summed E-state index contributed by atoms with van der Waals surface area (Å²) < 4.78 is 0. The lowest BCUT2D eigenvalue weighted by Crippen LogP contribution is -1.76. The van der Waals surface area contributed by atoms with Gasteiger partial charge in [0.25, 0.3) is 0 Å². The van der Waals surface area contributed by atoms with Crippen molar-refractivity contribution in [1.29, 1.82) is 0 Å². The molecular weight excluding hydrogens is 456 g/mol. The summed E-state index contributed by atoms with van der Waals surface area (Å²) in [6.07, 6.45) is 42.7. The molecule has 38 heavy (non-hydrogen) atoms. The third kappa shape index (κ3) is 23.0. The second-order valence-corrected chi connectivity index (χ2v) is 10.1. The average Bonchev–Trinajstić information content (AvgIpc) is 2.85. The van der Waals surface area contributed by atoms with Gasteiger partial charge in [-0.05, 0) is 81.1 Å². The quantitative estimate of drug-likeness (QED) is 0.144. The number of allylic oxidation sites excluding steroid dienone is 25. The smallest absolute Gasteiger partial charge is 0.0285 e. The van der Waals surface area contributed by atoms with Crippen molar-refractivity contribution in [3.8, 4) is 0 Å². The van der Waals surface area contributed by atoms with Gasteiger partial charge < -0.3 is 0 Å². The van der Waals surface area contributed by atoms with Gasteiger partial charge in [0.15, 0.2) is 0 Å². The second kappa shape index (κ2) is 22.8. The molecule has 0 heteroatoms. The van der Waals surface area contributed by atoms with E-state index in [2.05, 4.69) is 165 Å². The van der Waals surface area contributed by atoms with Crippen molar-refractivity contribution in [2.75, 3.05) is 0 Å². The average molecular weight is 509 g/mol. The highest BCUT2D eigenvalue weighted by molar-refractivity contribution is 5.32. The van der Waals surface area contributed by atoms with E-state index in [1.807, 2.05) is 6.08 Å². The molecule has 0 heterocycles. The van der Waals surface area contributed by atoms with Gasteiger partial charge in [-0.2, -0.15) is 0 Å². The van der Waals surface area contributed by atoms with E-state index in [-0.39, 0.29) is 0 Å². The van der Waals surface area contributed by atoms with E-state index in [9.17, 15) is 0 Å². The molecule has 0 aromatic heterocycles.